The molecule has 0 bridgehead atoms. The standard InChI is InChI=1S/C26H20FNO4/c1-3-31-19-10-7-16(8-11-19)23-22-24(29)20-14-17(27)9-12-21(20)32-25(22)26(30)28(23)18-6-4-5-15(2)13-18/h4-14,23H,3H2,1-2H3. The van der Waals surface area contributed by atoms with Gasteiger partial charge in [0.05, 0.1) is 23.6 Å². The van der Waals surface area contributed by atoms with E-state index in [1.54, 1.807) is 17.0 Å². The van der Waals surface area contributed by atoms with Crippen molar-refractivity contribution < 1.29 is 18.3 Å². The fourth-order valence-electron chi connectivity index (χ4n) is 4.22. The molecule has 0 radical (unpaired) electrons. The Labute approximate surface area is 183 Å². The molecule has 5 nitrogen and oxygen atoms in total. The van der Waals surface area contributed by atoms with Gasteiger partial charge in [-0.25, -0.2) is 4.39 Å². The molecule has 3 aromatic carbocycles. The Balaban J connectivity index is 1.77. The van der Waals surface area contributed by atoms with Gasteiger partial charge in [-0.15, -0.1) is 0 Å². The first-order chi connectivity index (χ1) is 15.5. The average Bonchev–Trinajstić information content (AvgIpc) is 3.08. The number of anilines is 1. The first kappa shape index (κ1) is 20.0. The molecule has 1 aliphatic heterocycles. The number of benzene rings is 3. The minimum absolute atomic E-state index is 0.0190. The van der Waals surface area contributed by atoms with E-state index in [0.717, 1.165) is 17.2 Å². The van der Waals surface area contributed by atoms with Crippen LogP contribution in [-0.2, 0) is 0 Å². The van der Waals surface area contributed by atoms with Crippen LogP contribution in [0, 0.1) is 12.7 Å². The Hall–Kier alpha value is -3.93. The van der Waals surface area contributed by atoms with Crippen LogP contribution in [0.5, 0.6) is 5.75 Å². The number of hydrogen-bond donors (Lipinski definition) is 0. The van der Waals surface area contributed by atoms with Crippen molar-refractivity contribution in [1.29, 1.82) is 0 Å². The van der Waals surface area contributed by atoms with Crippen LogP contribution in [0.3, 0.4) is 0 Å². The highest BCUT2D eigenvalue weighted by atomic mass is 19.1. The molecule has 160 valence electrons. The van der Waals surface area contributed by atoms with Crippen LogP contribution in [0.15, 0.2) is 75.9 Å². The lowest BCUT2D eigenvalue weighted by molar-refractivity contribution is 0.0971. The molecule has 1 aliphatic rings. The summed E-state index contributed by atoms with van der Waals surface area (Å²) in [7, 11) is 0. The van der Waals surface area contributed by atoms with E-state index in [1.165, 1.54) is 12.1 Å². The van der Waals surface area contributed by atoms with E-state index in [4.69, 9.17) is 9.15 Å². The first-order valence-corrected chi connectivity index (χ1v) is 10.4. The van der Waals surface area contributed by atoms with Crippen molar-refractivity contribution in [3.63, 3.8) is 0 Å². The zero-order chi connectivity index (χ0) is 22.4. The highest BCUT2D eigenvalue weighted by Gasteiger charge is 2.43. The largest absolute Gasteiger partial charge is 0.494 e. The molecule has 32 heavy (non-hydrogen) atoms. The number of nitrogens with zero attached hydrogens (tertiary/aromatic N) is 1. The van der Waals surface area contributed by atoms with Gasteiger partial charge in [0, 0.05) is 5.69 Å². The lowest BCUT2D eigenvalue weighted by Crippen LogP contribution is -2.29. The number of amides is 1. The van der Waals surface area contributed by atoms with Crippen LogP contribution in [0.2, 0.25) is 0 Å². The van der Waals surface area contributed by atoms with Crippen molar-refractivity contribution in [2.45, 2.75) is 19.9 Å². The Bertz CT molecular complexity index is 1410. The van der Waals surface area contributed by atoms with Gasteiger partial charge in [-0.2, -0.15) is 0 Å². The maximum atomic E-state index is 13.9. The van der Waals surface area contributed by atoms with E-state index in [-0.39, 0.29) is 22.3 Å². The number of rotatable bonds is 4. The molecular formula is C26H20FNO4. The fraction of sp³-hybridized carbons (Fsp3) is 0.154. The third kappa shape index (κ3) is 3.15. The molecule has 0 fully saturated rings. The number of carbonyl (C=O) groups excluding carboxylic acids is 1. The number of aryl methyl sites for hydroxylation is 1. The number of hydrogen-bond acceptors (Lipinski definition) is 4. The van der Waals surface area contributed by atoms with Gasteiger partial charge in [0.2, 0.25) is 5.76 Å². The van der Waals surface area contributed by atoms with Crippen molar-refractivity contribution in [3.05, 3.63) is 105 Å². The summed E-state index contributed by atoms with van der Waals surface area (Å²) in [5.41, 5.74) is 2.32. The van der Waals surface area contributed by atoms with E-state index >= 15 is 0 Å². The molecule has 1 atom stereocenters. The lowest BCUT2D eigenvalue weighted by atomic mass is 9.98. The van der Waals surface area contributed by atoms with Crippen LogP contribution < -0.4 is 15.1 Å². The molecule has 1 aromatic heterocycles. The van der Waals surface area contributed by atoms with Gasteiger partial charge in [0.15, 0.2) is 5.43 Å². The van der Waals surface area contributed by atoms with E-state index in [2.05, 4.69) is 0 Å². The number of ether oxygens (including phenoxy) is 1. The molecule has 1 unspecified atom stereocenters. The third-order valence-corrected chi connectivity index (χ3v) is 5.62. The molecule has 2 heterocycles. The predicted molar refractivity (Wildman–Crippen MR) is 120 cm³/mol. The second kappa shape index (κ2) is 7.64. The minimum Gasteiger partial charge on any atom is -0.494 e. The zero-order valence-electron chi connectivity index (χ0n) is 17.6. The molecule has 0 saturated carbocycles. The predicted octanol–water partition coefficient (Wildman–Crippen LogP) is 5.39. The van der Waals surface area contributed by atoms with Crippen molar-refractivity contribution in [2.75, 3.05) is 11.5 Å². The number of carbonyl (C=O) groups is 1. The first-order valence-electron chi connectivity index (χ1n) is 10.4. The Morgan fingerprint density at radius 3 is 2.53 bits per heavy atom. The summed E-state index contributed by atoms with van der Waals surface area (Å²) in [6.07, 6.45) is 0. The van der Waals surface area contributed by atoms with Gasteiger partial charge in [-0.3, -0.25) is 14.5 Å². The topological polar surface area (TPSA) is 59.8 Å². The number of fused-ring (bicyclic) bond motifs is 2. The van der Waals surface area contributed by atoms with Crippen LogP contribution in [-0.4, -0.2) is 12.5 Å². The molecule has 6 heteroatoms. The van der Waals surface area contributed by atoms with Gasteiger partial charge < -0.3 is 9.15 Å². The molecule has 0 saturated heterocycles. The van der Waals surface area contributed by atoms with E-state index in [9.17, 15) is 14.0 Å². The maximum Gasteiger partial charge on any atom is 0.295 e. The summed E-state index contributed by atoms with van der Waals surface area (Å²) < 4.78 is 25.3. The summed E-state index contributed by atoms with van der Waals surface area (Å²) in [4.78, 5) is 28.6. The highest BCUT2D eigenvalue weighted by molar-refractivity contribution is 6.10. The van der Waals surface area contributed by atoms with Gasteiger partial charge in [-0.1, -0.05) is 24.3 Å². The molecule has 4 aromatic rings. The Morgan fingerprint density at radius 1 is 1.03 bits per heavy atom. The van der Waals surface area contributed by atoms with Crippen LogP contribution in [0.4, 0.5) is 10.1 Å². The van der Waals surface area contributed by atoms with Gasteiger partial charge in [0.1, 0.15) is 17.1 Å². The quantitative estimate of drug-likeness (QED) is 0.437. The van der Waals surface area contributed by atoms with Crippen molar-refractivity contribution in [3.8, 4) is 5.75 Å². The molecule has 1 amide bonds. The summed E-state index contributed by atoms with van der Waals surface area (Å²) in [5, 5.41) is 0.110. The van der Waals surface area contributed by atoms with Gasteiger partial charge >= 0.3 is 0 Å². The summed E-state index contributed by atoms with van der Waals surface area (Å²) in [6.45, 7) is 4.36. The van der Waals surface area contributed by atoms with Crippen LogP contribution in [0.25, 0.3) is 11.0 Å². The Kier molecular flexibility index (Phi) is 4.78. The van der Waals surface area contributed by atoms with Crippen molar-refractivity contribution >= 4 is 22.6 Å². The van der Waals surface area contributed by atoms with Crippen LogP contribution in [0.1, 0.15) is 40.2 Å². The van der Waals surface area contributed by atoms with E-state index in [1.807, 2.05) is 50.2 Å². The van der Waals surface area contributed by atoms with Crippen molar-refractivity contribution in [2.24, 2.45) is 0 Å². The molecule has 0 aliphatic carbocycles. The average molecular weight is 429 g/mol. The second-order valence-electron chi connectivity index (χ2n) is 7.73. The lowest BCUT2D eigenvalue weighted by Gasteiger charge is -2.25. The molecule has 5 rings (SSSR count). The third-order valence-electron chi connectivity index (χ3n) is 5.62. The second-order valence-corrected chi connectivity index (χ2v) is 7.73. The SMILES string of the molecule is CCOc1ccc(C2c3c(oc4ccc(F)cc4c3=O)C(=O)N2c2cccc(C)c2)cc1. The maximum absolute atomic E-state index is 13.9. The molecule has 0 spiro atoms. The molecular weight excluding hydrogens is 409 g/mol. The smallest absolute Gasteiger partial charge is 0.295 e. The normalized spacial score (nSPS) is 15.3. The minimum atomic E-state index is -0.709. The summed E-state index contributed by atoms with van der Waals surface area (Å²) >= 11 is 0. The van der Waals surface area contributed by atoms with Crippen LogP contribution >= 0.6 is 0 Å². The zero-order valence-corrected chi connectivity index (χ0v) is 17.6. The summed E-state index contributed by atoms with van der Waals surface area (Å²) in [5.74, 6) is -0.278. The molecule has 0 N–H and O–H groups in total. The van der Waals surface area contributed by atoms with Gasteiger partial charge in [0.25, 0.3) is 5.91 Å². The van der Waals surface area contributed by atoms with Crippen molar-refractivity contribution in [1.82, 2.24) is 0 Å². The van der Waals surface area contributed by atoms with Gasteiger partial charge in [-0.05, 0) is 67.4 Å². The Morgan fingerprint density at radius 2 is 1.81 bits per heavy atom. The van der Waals surface area contributed by atoms with E-state index < -0.39 is 23.2 Å². The number of halogens is 1. The highest BCUT2D eigenvalue weighted by Crippen LogP contribution is 2.41. The van der Waals surface area contributed by atoms with E-state index in [0.29, 0.717) is 18.0 Å². The monoisotopic (exact) mass is 429 g/mol. The fourth-order valence-corrected chi connectivity index (χ4v) is 4.22. The summed E-state index contributed by atoms with van der Waals surface area (Å²) in [6, 6.07) is 17.8.